The topological polar surface area (TPSA) is 60.2 Å². The molecule has 3 nitrogen and oxygen atoms in total. The summed E-state index contributed by atoms with van der Waals surface area (Å²) in [5.41, 5.74) is 8.88. The molecule has 0 heterocycles. The second kappa shape index (κ2) is 5.89. The number of hydrogen-bond acceptors (Lipinski definition) is 4. The molecule has 0 radical (unpaired) electrons. The lowest BCUT2D eigenvalue weighted by Gasteiger charge is -2.08. The van der Waals surface area contributed by atoms with E-state index < -0.39 is 9.84 Å². The van der Waals surface area contributed by atoms with Gasteiger partial charge in [0.1, 0.15) is 0 Å². The number of thioether (sulfide) groups is 1. The standard InChI is InChI=1S/C15H17NO2S2/c1-11-4-3-5-12(8-11)10-19-15-7-6-13(9-14(15)16)20(2,17)18/h3-9H,10,16H2,1-2H3. The van der Waals surface area contributed by atoms with Crippen molar-refractivity contribution >= 4 is 27.3 Å². The summed E-state index contributed by atoms with van der Waals surface area (Å²) < 4.78 is 22.9. The van der Waals surface area contributed by atoms with E-state index in [0.29, 0.717) is 5.69 Å². The third-order valence-electron chi connectivity index (χ3n) is 2.89. The molecule has 20 heavy (non-hydrogen) atoms. The minimum Gasteiger partial charge on any atom is -0.398 e. The van der Waals surface area contributed by atoms with E-state index in [1.165, 1.54) is 23.4 Å². The first-order valence-corrected chi connectivity index (χ1v) is 9.02. The van der Waals surface area contributed by atoms with Crippen LogP contribution < -0.4 is 5.73 Å². The van der Waals surface area contributed by atoms with Gasteiger partial charge >= 0.3 is 0 Å². The van der Waals surface area contributed by atoms with Crippen LogP contribution in [0.2, 0.25) is 0 Å². The molecule has 0 saturated heterocycles. The summed E-state index contributed by atoms with van der Waals surface area (Å²) in [6.45, 7) is 2.06. The maximum absolute atomic E-state index is 11.5. The molecule has 2 aromatic carbocycles. The van der Waals surface area contributed by atoms with Crippen LogP contribution in [-0.4, -0.2) is 14.7 Å². The Kier molecular flexibility index (Phi) is 4.40. The summed E-state index contributed by atoms with van der Waals surface area (Å²) in [4.78, 5) is 1.16. The molecule has 0 saturated carbocycles. The van der Waals surface area contributed by atoms with Crippen LogP contribution in [0.25, 0.3) is 0 Å². The number of anilines is 1. The number of aryl methyl sites for hydroxylation is 1. The molecule has 0 amide bonds. The van der Waals surface area contributed by atoms with Crippen molar-refractivity contribution in [2.75, 3.05) is 12.0 Å². The molecule has 0 fully saturated rings. The molecule has 0 bridgehead atoms. The normalized spacial score (nSPS) is 11.5. The van der Waals surface area contributed by atoms with Gasteiger partial charge in [0, 0.05) is 22.6 Å². The molecule has 0 spiro atoms. The second-order valence-corrected chi connectivity index (χ2v) is 7.78. The number of nitrogens with two attached hydrogens (primary N) is 1. The number of sulfone groups is 1. The van der Waals surface area contributed by atoms with Crippen LogP contribution >= 0.6 is 11.8 Å². The minimum absolute atomic E-state index is 0.259. The zero-order chi connectivity index (χ0) is 14.8. The minimum atomic E-state index is -3.20. The zero-order valence-corrected chi connectivity index (χ0v) is 13.1. The number of nitrogen functional groups attached to an aromatic ring is 1. The summed E-state index contributed by atoms with van der Waals surface area (Å²) in [6, 6.07) is 13.2. The summed E-state index contributed by atoms with van der Waals surface area (Å²) in [7, 11) is -3.20. The van der Waals surface area contributed by atoms with Crippen LogP contribution in [0.15, 0.2) is 52.3 Å². The Balaban J connectivity index is 2.15. The third kappa shape index (κ3) is 3.77. The zero-order valence-electron chi connectivity index (χ0n) is 11.5. The van der Waals surface area contributed by atoms with Crippen molar-refractivity contribution in [3.8, 4) is 0 Å². The van der Waals surface area contributed by atoms with Crippen molar-refractivity contribution in [2.24, 2.45) is 0 Å². The van der Waals surface area contributed by atoms with Gasteiger partial charge in [0.15, 0.2) is 9.84 Å². The van der Waals surface area contributed by atoms with E-state index in [0.717, 1.165) is 10.6 Å². The maximum atomic E-state index is 11.5. The van der Waals surface area contributed by atoms with Crippen molar-refractivity contribution in [3.63, 3.8) is 0 Å². The Hall–Kier alpha value is -1.46. The van der Waals surface area contributed by atoms with Crippen LogP contribution in [-0.2, 0) is 15.6 Å². The summed E-state index contributed by atoms with van der Waals surface area (Å²) in [5.74, 6) is 0.810. The molecule has 106 valence electrons. The van der Waals surface area contributed by atoms with Gasteiger partial charge in [-0.15, -0.1) is 11.8 Å². The molecule has 0 unspecified atom stereocenters. The fourth-order valence-corrected chi connectivity index (χ4v) is 3.40. The SMILES string of the molecule is Cc1cccc(CSc2ccc(S(C)(=O)=O)cc2N)c1. The Morgan fingerprint density at radius 2 is 1.90 bits per heavy atom. The van der Waals surface area contributed by atoms with Crippen LogP contribution in [0.4, 0.5) is 5.69 Å². The third-order valence-corrected chi connectivity index (χ3v) is 5.16. The van der Waals surface area contributed by atoms with Gasteiger partial charge in [-0.05, 0) is 30.7 Å². The highest BCUT2D eigenvalue weighted by molar-refractivity contribution is 7.98. The number of rotatable bonds is 4. The van der Waals surface area contributed by atoms with Gasteiger partial charge in [0.25, 0.3) is 0 Å². The molecule has 0 aliphatic rings. The van der Waals surface area contributed by atoms with E-state index in [1.54, 1.807) is 23.9 Å². The Morgan fingerprint density at radius 3 is 2.50 bits per heavy atom. The number of benzene rings is 2. The number of hydrogen-bond donors (Lipinski definition) is 1. The summed E-state index contributed by atoms with van der Waals surface area (Å²) >= 11 is 1.61. The van der Waals surface area contributed by atoms with Crippen molar-refractivity contribution in [1.82, 2.24) is 0 Å². The lowest BCUT2D eigenvalue weighted by Crippen LogP contribution is -1.99. The molecule has 2 aromatic rings. The highest BCUT2D eigenvalue weighted by Crippen LogP contribution is 2.30. The van der Waals surface area contributed by atoms with Crippen molar-refractivity contribution in [3.05, 3.63) is 53.6 Å². The monoisotopic (exact) mass is 307 g/mol. The van der Waals surface area contributed by atoms with Gasteiger partial charge in [-0.3, -0.25) is 0 Å². The van der Waals surface area contributed by atoms with E-state index in [4.69, 9.17) is 5.73 Å². The molecular weight excluding hydrogens is 290 g/mol. The van der Waals surface area contributed by atoms with Crippen LogP contribution in [0.5, 0.6) is 0 Å². The predicted octanol–water partition coefficient (Wildman–Crippen LogP) is 3.27. The summed E-state index contributed by atoms with van der Waals surface area (Å²) in [5, 5.41) is 0. The largest absolute Gasteiger partial charge is 0.398 e. The average Bonchev–Trinajstić information content (AvgIpc) is 2.36. The van der Waals surface area contributed by atoms with E-state index in [-0.39, 0.29) is 4.90 Å². The Labute approximate surface area is 124 Å². The van der Waals surface area contributed by atoms with Crippen LogP contribution in [0.3, 0.4) is 0 Å². The molecule has 0 aromatic heterocycles. The average molecular weight is 307 g/mol. The molecular formula is C15H17NO2S2. The fourth-order valence-electron chi connectivity index (χ4n) is 1.85. The Bertz CT molecular complexity index is 724. The molecule has 2 rings (SSSR count). The van der Waals surface area contributed by atoms with Gasteiger partial charge in [0.2, 0.25) is 0 Å². The second-order valence-electron chi connectivity index (χ2n) is 4.75. The quantitative estimate of drug-likeness (QED) is 0.695. The van der Waals surface area contributed by atoms with Crippen molar-refractivity contribution < 1.29 is 8.42 Å². The first-order valence-electron chi connectivity index (χ1n) is 6.14. The van der Waals surface area contributed by atoms with Crippen LogP contribution in [0, 0.1) is 6.92 Å². The maximum Gasteiger partial charge on any atom is 0.175 e. The lowest BCUT2D eigenvalue weighted by molar-refractivity contribution is 0.602. The first-order chi connectivity index (χ1) is 9.36. The Morgan fingerprint density at radius 1 is 1.15 bits per heavy atom. The van der Waals surface area contributed by atoms with Crippen LogP contribution in [0.1, 0.15) is 11.1 Å². The predicted molar refractivity (Wildman–Crippen MR) is 84.7 cm³/mol. The highest BCUT2D eigenvalue weighted by atomic mass is 32.2. The van der Waals surface area contributed by atoms with E-state index in [9.17, 15) is 8.42 Å². The van der Waals surface area contributed by atoms with Gasteiger partial charge in [-0.1, -0.05) is 29.8 Å². The van der Waals surface area contributed by atoms with Gasteiger partial charge < -0.3 is 5.73 Å². The van der Waals surface area contributed by atoms with E-state index in [1.807, 2.05) is 6.07 Å². The molecule has 0 aliphatic carbocycles. The van der Waals surface area contributed by atoms with E-state index in [2.05, 4.69) is 25.1 Å². The lowest BCUT2D eigenvalue weighted by atomic mass is 10.2. The molecule has 0 atom stereocenters. The van der Waals surface area contributed by atoms with Gasteiger partial charge in [-0.2, -0.15) is 0 Å². The molecule has 2 N–H and O–H groups in total. The van der Waals surface area contributed by atoms with Gasteiger partial charge in [0.05, 0.1) is 4.90 Å². The summed E-state index contributed by atoms with van der Waals surface area (Å²) in [6.07, 6.45) is 1.18. The van der Waals surface area contributed by atoms with E-state index >= 15 is 0 Å². The highest BCUT2D eigenvalue weighted by Gasteiger charge is 2.09. The molecule has 5 heteroatoms. The fraction of sp³-hybridized carbons (Fsp3) is 0.200. The first kappa shape index (κ1) is 14.9. The van der Waals surface area contributed by atoms with Crippen molar-refractivity contribution in [1.29, 1.82) is 0 Å². The smallest absolute Gasteiger partial charge is 0.175 e. The van der Waals surface area contributed by atoms with Crippen molar-refractivity contribution in [2.45, 2.75) is 22.5 Å². The molecule has 0 aliphatic heterocycles. The van der Waals surface area contributed by atoms with Gasteiger partial charge in [-0.25, -0.2) is 8.42 Å².